The number of hydrogen-bond acceptors (Lipinski definition) is 4. The number of carbonyl (C=O) groups is 2. The van der Waals surface area contributed by atoms with Crippen molar-refractivity contribution in [2.75, 3.05) is 37.6 Å². The topological polar surface area (TPSA) is 64.7 Å². The Morgan fingerprint density at radius 1 is 0.963 bits per heavy atom. The SMILES string of the molecule is O=C(CN1CCN(c2cccc(Cl)c2)CC1)NC(=O)NCc1ccccc1. The molecule has 0 aliphatic carbocycles. The second-order valence-corrected chi connectivity index (χ2v) is 6.90. The predicted molar refractivity (Wildman–Crippen MR) is 107 cm³/mol. The summed E-state index contributed by atoms with van der Waals surface area (Å²) in [6, 6.07) is 16.9. The van der Waals surface area contributed by atoms with E-state index in [9.17, 15) is 9.59 Å². The molecule has 27 heavy (non-hydrogen) atoms. The van der Waals surface area contributed by atoms with E-state index in [0.717, 1.165) is 42.5 Å². The first-order valence-corrected chi connectivity index (χ1v) is 9.32. The number of imide groups is 1. The highest BCUT2D eigenvalue weighted by atomic mass is 35.5. The van der Waals surface area contributed by atoms with Gasteiger partial charge in [-0.3, -0.25) is 15.0 Å². The number of nitrogens with one attached hydrogen (secondary N) is 2. The van der Waals surface area contributed by atoms with Crippen LogP contribution in [0.3, 0.4) is 0 Å². The summed E-state index contributed by atoms with van der Waals surface area (Å²) >= 11 is 6.05. The first-order valence-electron chi connectivity index (χ1n) is 8.94. The first kappa shape index (κ1) is 19.2. The molecule has 1 heterocycles. The van der Waals surface area contributed by atoms with Gasteiger partial charge in [0, 0.05) is 43.4 Å². The zero-order chi connectivity index (χ0) is 19.1. The van der Waals surface area contributed by atoms with Crippen molar-refractivity contribution >= 4 is 29.2 Å². The molecular formula is C20H23ClN4O2. The Labute approximate surface area is 164 Å². The van der Waals surface area contributed by atoms with Gasteiger partial charge in [0.1, 0.15) is 0 Å². The van der Waals surface area contributed by atoms with Crippen molar-refractivity contribution in [1.82, 2.24) is 15.5 Å². The van der Waals surface area contributed by atoms with E-state index < -0.39 is 6.03 Å². The standard InChI is InChI=1S/C20H23ClN4O2/c21-17-7-4-8-18(13-17)25-11-9-24(10-12-25)15-19(26)23-20(27)22-14-16-5-2-1-3-6-16/h1-8,13H,9-12,14-15H2,(H2,22,23,26,27). The van der Waals surface area contributed by atoms with Crippen molar-refractivity contribution in [2.45, 2.75) is 6.54 Å². The van der Waals surface area contributed by atoms with Crippen molar-refractivity contribution in [2.24, 2.45) is 0 Å². The van der Waals surface area contributed by atoms with Gasteiger partial charge in [0.05, 0.1) is 6.54 Å². The van der Waals surface area contributed by atoms with Crippen molar-refractivity contribution in [1.29, 1.82) is 0 Å². The summed E-state index contributed by atoms with van der Waals surface area (Å²) in [6.45, 7) is 3.74. The fourth-order valence-electron chi connectivity index (χ4n) is 3.03. The molecule has 1 fully saturated rings. The van der Waals surface area contributed by atoms with Gasteiger partial charge in [-0.05, 0) is 23.8 Å². The molecule has 3 amide bonds. The Bertz CT molecular complexity index is 777. The van der Waals surface area contributed by atoms with Gasteiger partial charge in [-0.25, -0.2) is 4.79 Å². The Balaban J connectivity index is 1.38. The Morgan fingerprint density at radius 3 is 2.41 bits per heavy atom. The second kappa shape index (κ2) is 9.39. The third-order valence-electron chi connectivity index (χ3n) is 4.46. The Morgan fingerprint density at radius 2 is 1.70 bits per heavy atom. The average molecular weight is 387 g/mol. The molecule has 6 nitrogen and oxygen atoms in total. The molecule has 0 bridgehead atoms. The van der Waals surface area contributed by atoms with Gasteiger partial charge in [-0.1, -0.05) is 48.0 Å². The van der Waals surface area contributed by atoms with E-state index >= 15 is 0 Å². The van der Waals surface area contributed by atoms with E-state index in [1.54, 1.807) is 0 Å². The lowest BCUT2D eigenvalue weighted by Gasteiger charge is -2.35. The molecule has 0 saturated carbocycles. The van der Waals surface area contributed by atoms with Gasteiger partial charge in [0.25, 0.3) is 0 Å². The molecule has 0 aromatic heterocycles. The maximum absolute atomic E-state index is 12.1. The molecule has 0 radical (unpaired) electrons. The number of urea groups is 1. The Hall–Kier alpha value is -2.57. The minimum atomic E-state index is -0.471. The number of nitrogens with zero attached hydrogens (tertiary/aromatic N) is 2. The number of anilines is 1. The van der Waals surface area contributed by atoms with Gasteiger partial charge in [0.15, 0.2) is 0 Å². The summed E-state index contributed by atoms with van der Waals surface area (Å²) in [6.07, 6.45) is 0. The van der Waals surface area contributed by atoms with Crippen LogP contribution in [0.1, 0.15) is 5.56 Å². The summed E-state index contributed by atoms with van der Waals surface area (Å²) in [5, 5.41) is 5.80. The van der Waals surface area contributed by atoms with Crippen LogP contribution in [0, 0.1) is 0 Å². The number of benzene rings is 2. The highest BCUT2D eigenvalue weighted by molar-refractivity contribution is 6.30. The van der Waals surface area contributed by atoms with Crippen molar-refractivity contribution < 1.29 is 9.59 Å². The highest BCUT2D eigenvalue weighted by Gasteiger charge is 2.20. The number of halogens is 1. The third kappa shape index (κ3) is 5.98. The van der Waals surface area contributed by atoms with Crippen molar-refractivity contribution in [3.63, 3.8) is 0 Å². The molecule has 1 saturated heterocycles. The molecule has 142 valence electrons. The highest BCUT2D eigenvalue weighted by Crippen LogP contribution is 2.20. The quantitative estimate of drug-likeness (QED) is 0.828. The molecule has 0 unspecified atom stereocenters. The molecule has 2 aromatic rings. The summed E-state index contributed by atoms with van der Waals surface area (Å²) in [5.74, 6) is -0.295. The number of amides is 3. The van der Waals surface area contributed by atoms with E-state index in [1.807, 2.05) is 59.5 Å². The minimum Gasteiger partial charge on any atom is -0.369 e. The van der Waals surface area contributed by atoms with Crippen LogP contribution in [0.5, 0.6) is 0 Å². The van der Waals surface area contributed by atoms with Crippen LogP contribution in [0.15, 0.2) is 54.6 Å². The van der Waals surface area contributed by atoms with Gasteiger partial charge in [-0.2, -0.15) is 0 Å². The van der Waals surface area contributed by atoms with Crippen LogP contribution in [0.25, 0.3) is 0 Å². The molecule has 3 rings (SSSR count). The zero-order valence-electron chi connectivity index (χ0n) is 15.0. The first-order chi connectivity index (χ1) is 13.1. The normalized spacial score (nSPS) is 14.6. The average Bonchev–Trinajstić information content (AvgIpc) is 2.68. The molecular weight excluding hydrogens is 364 g/mol. The largest absolute Gasteiger partial charge is 0.369 e. The molecule has 0 atom stereocenters. The zero-order valence-corrected chi connectivity index (χ0v) is 15.8. The van der Waals surface area contributed by atoms with Gasteiger partial charge in [0.2, 0.25) is 5.91 Å². The minimum absolute atomic E-state index is 0.210. The van der Waals surface area contributed by atoms with Crippen molar-refractivity contribution in [3.8, 4) is 0 Å². The fraction of sp³-hybridized carbons (Fsp3) is 0.300. The molecule has 1 aliphatic rings. The lowest BCUT2D eigenvalue weighted by atomic mass is 10.2. The van der Waals surface area contributed by atoms with Crippen LogP contribution in [-0.2, 0) is 11.3 Å². The van der Waals surface area contributed by atoms with E-state index in [2.05, 4.69) is 15.5 Å². The molecule has 7 heteroatoms. The Kier molecular flexibility index (Phi) is 6.68. The van der Waals surface area contributed by atoms with Crippen LogP contribution < -0.4 is 15.5 Å². The van der Waals surface area contributed by atoms with Gasteiger partial charge >= 0.3 is 6.03 Å². The molecule has 2 N–H and O–H groups in total. The lowest BCUT2D eigenvalue weighted by molar-refractivity contribution is -0.121. The van der Waals surface area contributed by atoms with Crippen molar-refractivity contribution in [3.05, 3.63) is 65.2 Å². The summed E-state index contributed by atoms with van der Waals surface area (Å²) in [5.41, 5.74) is 2.07. The summed E-state index contributed by atoms with van der Waals surface area (Å²) in [7, 11) is 0. The number of rotatable bonds is 5. The van der Waals surface area contributed by atoms with E-state index in [4.69, 9.17) is 11.6 Å². The second-order valence-electron chi connectivity index (χ2n) is 6.46. The molecule has 0 spiro atoms. The fourth-order valence-corrected chi connectivity index (χ4v) is 3.21. The number of piperazine rings is 1. The van der Waals surface area contributed by atoms with E-state index in [-0.39, 0.29) is 12.5 Å². The smallest absolute Gasteiger partial charge is 0.321 e. The van der Waals surface area contributed by atoms with E-state index in [1.165, 1.54) is 0 Å². The monoisotopic (exact) mass is 386 g/mol. The maximum Gasteiger partial charge on any atom is 0.321 e. The number of hydrogen-bond donors (Lipinski definition) is 2. The molecule has 1 aliphatic heterocycles. The molecule has 2 aromatic carbocycles. The number of carbonyl (C=O) groups excluding carboxylic acids is 2. The van der Waals surface area contributed by atoms with Gasteiger partial charge < -0.3 is 10.2 Å². The maximum atomic E-state index is 12.1. The van der Waals surface area contributed by atoms with E-state index in [0.29, 0.717) is 6.54 Å². The van der Waals surface area contributed by atoms with Crippen LogP contribution in [-0.4, -0.2) is 49.6 Å². The van der Waals surface area contributed by atoms with Crippen LogP contribution in [0.4, 0.5) is 10.5 Å². The lowest BCUT2D eigenvalue weighted by Crippen LogP contribution is -2.51. The summed E-state index contributed by atoms with van der Waals surface area (Å²) in [4.78, 5) is 28.2. The van der Waals surface area contributed by atoms with Crippen LogP contribution in [0.2, 0.25) is 5.02 Å². The third-order valence-corrected chi connectivity index (χ3v) is 4.70. The van der Waals surface area contributed by atoms with Crippen LogP contribution >= 0.6 is 11.6 Å². The summed E-state index contributed by atoms with van der Waals surface area (Å²) < 4.78 is 0. The predicted octanol–water partition coefficient (Wildman–Crippen LogP) is 2.49. The van der Waals surface area contributed by atoms with Gasteiger partial charge in [-0.15, -0.1) is 0 Å².